The molecule has 4 nitrogen and oxygen atoms in total. The molecule has 0 aliphatic heterocycles. The van der Waals surface area contributed by atoms with Gasteiger partial charge in [0.05, 0.1) is 5.39 Å². The summed E-state index contributed by atoms with van der Waals surface area (Å²) < 4.78 is 1.99. The Hall–Kier alpha value is -1.58. The van der Waals surface area contributed by atoms with E-state index in [-0.39, 0.29) is 0 Å². The predicted molar refractivity (Wildman–Crippen MR) is 64.2 cm³/mol. The van der Waals surface area contributed by atoms with Gasteiger partial charge in [0, 0.05) is 27.3 Å². The van der Waals surface area contributed by atoms with Crippen LogP contribution in [0.15, 0.2) is 18.6 Å². The predicted octanol–water partition coefficient (Wildman–Crippen LogP) is 2.06. The van der Waals surface area contributed by atoms with Gasteiger partial charge in [-0.3, -0.25) is 0 Å². The Balaban J connectivity index is 0.000000531. The fraction of sp³-hybridized carbons (Fsp3) is 0.455. The lowest BCUT2D eigenvalue weighted by atomic mass is 10.3. The second kappa shape index (κ2) is 4.77. The highest BCUT2D eigenvalue weighted by Crippen LogP contribution is 2.20. The molecule has 0 saturated heterocycles. The zero-order chi connectivity index (χ0) is 11.4. The summed E-state index contributed by atoms with van der Waals surface area (Å²) in [6.45, 7) is 4.00. The third kappa shape index (κ3) is 2.09. The molecule has 0 atom stereocenters. The molecule has 82 valence electrons. The first-order chi connectivity index (χ1) is 7.20. The summed E-state index contributed by atoms with van der Waals surface area (Å²) in [6.07, 6.45) is 3.59. The fourth-order valence-corrected chi connectivity index (χ4v) is 1.42. The number of fused-ring (bicyclic) bond motifs is 1. The number of rotatable bonds is 1. The Morgan fingerprint density at radius 1 is 1.20 bits per heavy atom. The smallest absolute Gasteiger partial charge is 0.145 e. The van der Waals surface area contributed by atoms with E-state index in [1.807, 2.05) is 56.7 Å². The van der Waals surface area contributed by atoms with Crippen LogP contribution in [0.5, 0.6) is 0 Å². The van der Waals surface area contributed by atoms with Gasteiger partial charge in [0.2, 0.25) is 0 Å². The van der Waals surface area contributed by atoms with Crippen LogP contribution in [0.3, 0.4) is 0 Å². The van der Waals surface area contributed by atoms with Gasteiger partial charge >= 0.3 is 0 Å². The third-order valence-electron chi connectivity index (χ3n) is 2.06. The molecule has 0 amide bonds. The summed E-state index contributed by atoms with van der Waals surface area (Å²) >= 11 is 0. The molecule has 0 aliphatic carbocycles. The molecule has 0 saturated carbocycles. The van der Waals surface area contributed by atoms with Crippen molar-refractivity contribution < 1.29 is 0 Å². The van der Waals surface area contributed by atoms with Crippen LogP contribution in [0.25, 0.3) is 11.0 Å². The molecular weight excluding hydrogens is 188 g/mol. The molecule has 0 radical (unpaired) electrons. The van der Waals surface area contributed by atoms with Crippen LogP contribution in [-0.4, -0.2) is 28.6 Å². The summed E-state index contributed by atoms with van der Waals surface area (Å²) in [5, 5.41) is 1.09. The second-order valence-corrected chi connectivity index (χ2v) is 3.26. The monoisotopic (exact) mass is 206 g/mol. The Labute approximate surface area is 90.6 Å². The van der Waals surface area contributed by atoms with Crippen molar-refractivity contribution >= 4 is 16.9 Å². The standard InChI is InChI=1S/C9H12N4.C2H6/c1-12(2)8-7-4-5-13(3)9(7)11-6-10-8;1-2/h4-6H,1-3H3;1-2H3. The largest absolute Gasteiger partial charge is 0.362 e. The van der Waals surface area contributed by atoms with E-state index in [2.05, 4.69) is 9.97 Å². The van der Waals surface area contributed by atoms with Gasteiger partial charge < -0.3 is 9.47 Å². The summed E-state index contributed by atoms with van der Waals surface area (Å²) in [4.78, 5) is 10.4. The molecule has 15 heavy (non-hydrogen) atoms. The van der Waals surface area contributed by atoms with E-state index >= 15 is 0 Å². The highest BCUT2D eigenvalue weighted by atomic mass is 15.2. The van der Waals surface area contributed by atoms with Crippen LogP contribution in [0.1, 0.15) is 13.8 Å². The van der Waals surface area contributed by atoms with Gasteiger partial charge in [-0.15, -0.1) is 0 Å². The number of nitrogens with zero attached hydrogens (tertiary/aromatic N) is 4. The van der Waals surface area contributed by atoms with Gasteiger partial charge in [-0.25, -0.2) is 9.97 Å². The van der Waals surface area contributed by atoms with Crippen molar-refractivity contribution in [3.8, 4) is 0 Å². The Morgan fingerprint density at radius 2 is 1.87 bits per heavy atom. The minimum absolute atomic E-state index is 0.964. The first-order valence-electron chi connectivity index (χ1n) is 5.13. The third-order valence-corrected chi connectivity index (χ3v) is 2.06. The molecule has 2 aromatic heterocycles. The molecule has 0 aliphatic rings. The number of aryl methyl sites for hydroxylation is 1. The number of hydrogen-bond acceptors (Lipinski definition) is 3. The van der Waals surface area contributed by atoms with Crippen molar-refractivity contribution in [2.45, 2.75) is 13.8 Å². The van der Waals surface area contributed by atoms with Crippen molar-refractivity contribution in [3.63, 3.8) is 0 Å². The number of hydrogen-bond donors (Lipinski definition) is 0. The van der Waals surface area contributed by atoms with Gasteiger partial charge in [-0.1, -0.05) is 13.8 Å². The van der Waals surface area contributed by atoms with E-state index in [9.17, 15) is 0 Å². The number of aromatic nitrogens is 3. The highest BCUT2D eigenvalue weighted by molar-refractivity contribution is 5.87. The van der Waals surface area contributed by atoms with Gasteiger partial charge in [0.1, 0.15) is 17.8 Å². The molecule has 0 fully saturated rings. The highest BCUT2D eigenvalue weighted by Gasteiger charge is 2.06. The summed E-state index contributed by atoms with van der Waals surface area (Å²) in [6, 6.07) is 2.03. The normalized spacial score (nSPS) is 9.67. The Bertz CT molecular complexity index is 431. The van der Waals surface area contributed by atoms with Crippen LogP contribution in [0.2, 0.25) is 0 Å². The van der Waals surface area contributed by atoms with Gasteiger partial charge in [0.15, 0.2) is 0 Å². The topological polar surface area (TPSA) is 34.0 Å². The molecule has 0 bridgehead atoms. The minimum atomic E-state index is 0.964. The second-order valence-electron chi connectivity index (χ2n) is 3.26. The van der Waals surface area contributed by atoms with Crippen molar-refractivity contribution in [2.24, 2.45) is 7.05 Å². The SMILES string of the molecule is CC.CN(C)c1ncnc2c1ccn2C. The zero-order valence-electron chi connectivity index (χ0n) is 10.0. The molecule has 2 heterocycles. The molecule has 0 unspecified atom stereocenters. The Kier molecular flexibility index (Phi) is 3.66. The molecule has 4 heteroatoms. The van der Waals surface area contributed by atoms with Gasteiger partial charge in [-0.2, -0.15) is 0 Å². The average molecular weight is 206 g/mol. The first kappa shape index (κ1) is 11.5. The van der Waals surface area contributed by atoms with E-state index in [4.69, 9.17) is 0 Å². The molecule has 0 spiro atoms. The van der Waals surface area contributed by atoms with Crippen molar-refractivity contribution in [2.75, 3.05) is 19.0 Å². The van der Waals surface area contributed by atoms with Crippen molar-refractivity contribution in [3.05, 3.63) is 18.6 Å². The molecule has 0 aromatic carbocycles. The maximum Gasteiger partial charge on any atom is 0.145 e. The Morgan fingerprint density at radius 3 is 2.47 bits per heavy atom. The van der Waals surface area contributed by atoms with Crippen molar-refractivity contribution in [1.82, 2.24) is 14.5 Å². The molecule has 2 aromatic rings. The quantitative estimate of drug-likeness (QED) is 0.716. The summed E-state index contributed by atoms with van der Waals surface area (Å²) in [5.41, 5.74) is 0.971. The van der Waals surface area contributed by atoms with Gasteiger partial charge in [0.25, 0.3) is 0 Å². The van der Waals surface area contributed by atoms with E-state index < -0.39 is 0 Å². The van der Waals surface area contributed by atoms with E-state index in [0.29, 0.717) is 0 Å². The maximum atomic E-state index is 4.22. The molecule has 2 rings (SSSR count). The van der Waals surface area contributed by atoms with E-state index in [1.165, 1.54) is 0 Å². The zero-order valence-corrected chi connectivity index (χ0v) is 10.0. The van der Waals surface area contributed by atoms with Crippen LogP contribution in [-0.2, 0) is 7.05 Å². The van der Waals surface area contributed by atoms with Crippen LogP contribution < -0.4 is 4.90 Å². The molecule has 0 N–H and O–H groups in total. The fourth-order valence-electron chi connectivity index (χ4n) is 1.42. The van der Waals surface area contributed by atoms with Crippen LogP contribution >= 0.6 is 0 Å². The summed E-state index contributed by atoms with van der Waals surface area (Å²) in [5.74, 6) is 0.964. The van der Waals surface area contributed by atoms with Gasteiger partial charge in [-0.05, 0) is 6.07 Å². The van der Waals surface area contributed by atoms with Crippen molar-refractivity contribution in [1.29, 1.82) is 0 Å². The maximum absolute atomic E-state index is 4.22. The molecular formula is C11H18N4. The summed E-state index contributed by atoms with van der Waals surface area (Å²) in [7, 11) is 5.94. The lowest BCUT2D eigenvalue weighted by Crippen LogP contribution is -2.11. The average Bonchev–Trinajstić information content (AvgIpc) is 2.63. The van der Waals surface area contributed by atoms with E-state index in [0.717, 1.165) is 16.9 Å². The van der Waals surface area contributed by atoms with E-state index in [1.54, 1.807) is 6.33 Å². The number of anilines is 1. The van der Waals surface area contributed by atoms with Crippen LogP contribution in [0, 0.1) is 0 Å². The minimum Gasteiger partial charge on any atom is -0.362 e. The first-order valence-corrected chi connectivity index (χ1v) is 5.13. The van der Waals surface area contributed by atoms with Crippen LogP contribution in [0.4, 0.5) is 5.82 Å². The lowest BCUT2D eigenvalue weighted by Gasteiger charge is -2.11. The lowest BCUT2D eigenvalue weighted by molar-refractivity contribution is 0.940.